The first-order valence-corrected chi connectivity index (χ1v) is 14.3. The number of thiophene rings is 1. The molecule has 192 valence electrons. The van der Waals surface area contributed by atoms with Gasteiger partial charge in [-0.25, -0.2) is 31.8 Å². The van der Waals surface area contributed by atoms with Gasteiger partial charge in [0.1, 0.15) is 35.1 Å². The van der Waals surface area contributed by atoms with Crippen molar-refractivity contribution in [1.82, 2.24) is 24.1 Å². The van der Waals surface area contributed by atoms with E-state index >= 15 is 0 Å². The molecule has 0 atom stereocenters. The summed E-state index contributed by atoms with van der Waals surface area (Å²) in [5.74, 6) is 0.457. The van der Waals surface area contributed by atoms with Crippen LogP contribution < -0.4 is 9.64 Å². The molecule has 13 heteroatoms. The molecule has 0 radical (unpaired) electrons. The number of hydrogen-bond donors (Lipinski definition) is 0. The SMILES string of the molecule is CS(=O)(=O)N1CCN(c2ccc3c(n2)-c2sc(-c4ncnn4-c4ccc(F)cc4F)cc2CCO3)CC1. The number of fused-ring (bicyclic) bond motifs is 3. The summed E-state index contributed by atoms with van der Waals surface area (Å²) in [4.78, 5) is 13.0. The highest BCUT2D eigenvalue weighted by Crippen LogP contribution is 2.43. The van der Waals surface area contributed by atoms with Crippen molar-refractivity contribution in [3.63, 3.8) is 0 Å². The number of piperazine rings is 1. The van der Waals surface area contributed by atoms with Crippen LogP contribution in [0.25, 0.3) is 27.0 Å². The lowest BCUT2D eigenvalue weighted by atomic mass is 10.1. The molecule has 1 aromatic carbocycles. The fraction of sp³-hybridized carbons (Fsp3) is 0.292. The zero-order valence-electron chi connectivity index (χ0n) is 19.8. The van der Waals surface area contributed by atoms with Crippen molar-refractivity contribution in [2.75, 3.05) is 43.9 Å². The summed E-state index contributed by atoms with van der Waals surface area (Å²) in [7, 11) is -3.23. The van der Waals surface area contributed by atoms with Crippen LogP contribution in [0, 0.1) is 11.6 Å². The van der Waals surface area contributed by atoms with Gasteiger partial charge in [0, 0.05) is 38.7 Å². The number of hydrogen-bond acceptors (Lipinski definition) is 8. The minimum absolute atomic E-state index is 0.106. The molecule has 0 amide bonds. The zero-order valence-corrected chi connectivity index (χ0v) is 21.4. The molecule has 6 rings (SSSR count). The Hall–Kier alpha value is -3.42. The van der Waals surface area contributed by atoms with Crippen molar-refractivity contribution in [2.45, 2.75) is 6.42 Å². The molecule has 1 fully saturated rings. The van der Waals surface area contributed by atoms with Crippen LogP contribution in [0.15, 0.2) is 42.7 Å². The third-order valence-electron chi connectivity index (χ3n) is 6.43. The fourth-order valence-electron chi connectivity index (χ4n) is 4.58. The highest BCUT2D eigenvalue weighted by molar-refractivity contribution is 7.88. The Labute approximate surface area is 216 Å². The topological polar surface area (TPSA) is 93.5 Å². The summed E-state index contributed by atoms with van der Waals surface area (Å²) in [6.45, 7) is 2.35. The standard InChI is InChI=1S/C24H22F2N6O3S2/c1-37(33,34)31-9-7-30(8-10-31)21-5-4-19-22(29-21)23-15(6-11-35-19)12-20(36-23)24-27-14-28-32(24)18-3-2-16(25)13-17(18)26/h2-5,12-14H,6-11H2,1H3. The summed E-state index contributed by atoms with van der Waals surface area (Å²) < 4.78 is 60.5. The number of aromatic nitrogens is 4. The molecule has 9 nitrogen and oxygen atoms in total. The first-order chi connectivity index (χ1) is 17.8. The van der Waals surface area contributed by atoms with E-state index in [0.717, 1.165) is 27.2 Å². The molecule has 3 aromatic heterocycles. The van der Waals surface area contributed by atoms with Crippen molar-refractivity contribution in [3.8, 4) is 32.7 Å². The third kappa shape index (κ3) is 4.47. The Morgan fingerprint density at radius 2 is 1.86 bits per heavy atom. The summed E-state index contributed by atoms with van der Waals surface area (Å²) in [6, 6.07) is 9.11. The predicted molar refractivity (Wildman–Crippen MR) is 136 cm³/mol. The van der Waals surface area contributed by atoms with Gasteiger partial charge in [0.25, 0.3) is 0 Å². The number of halogens is 2. The van der Waals surface area contributed by atoms with Gasteiger partial charge in [-0.1, -0.05) is 0 Å². The lowest BCUT2D eigenvalue weighted by molar-refractivity contribution is 0.325. The fourth-order valence-corrected chi connectivity index (χ4v) is 6.59. The molecular formula is C24H22F2N6O3S2. The number of ether oxygens (including phenoxy) is 1. The molecule has 2 aliphatic heterocycles. The Kier molecular flexibility index (Phi) is 5.92. The van der Waals surface area contributed by atoms with Crippen molar-refractivity contribution in [3.05, 3.63) is 59.9 Å². The minimum atomic E-state index is -3.23. The van der Waals surface area contributed by atoms with Crippen LogP contribution in [0.2, 0.25) is 0 Å². The first kappa shape index (κ1) is 23.9. The predicted octanol–water partition coefficient (Wildman–Crippen LogP) is 3.35. The van der Waals surface area contributed by atoms with Crippen molar-refractivity contribution in [1.29, 1.82) is 0 Å². The molecule has 0 aliphatic carbocycles. The smallest absolute Gasteiger partial charge is 0.211 e. The van der Waals surface area contributed by atoms with E-state index in [4.69, 9.17) is 9.72 Å². The van der Waals surface area contributed by atoms with Crippen molar-refractivity contribution < 1.29 is 21.9 Å². The highest BCUT2D eigenvalue weighted by Gasteiger charge is 2.27. The van der Waals surface area contributed by atoms with Gasteiger partial charge in [-0.15, -0.1) is 11.3 Å². The van der Waals surface area contributed by atoms with Gasteiger partial charge < -0.3 is 9.64 Å². The normalized spacial score (nSPS) is 16.1. The largest absolute Gasteiger partial charge is 0.491 e. The van der Waals surface area contributed by atoms with Crippen LogP contribution in [0.1, 0.15) is 5.56 Å². The number of benzene rings is 1. The minimum Gasteiger partial charge on any atom is -0.491 e. The van der Waals surface area contributed by atoms with E-state index in [1.165, 1.54) is 45.0 Å². The van der Waals surface area contributed by atoms with Crippen molar-refractivity contribution in [2.24, 2.45) is 0 Å². The van der Waals surface area contributed by atoms with Gasteiger partial charge in [-0.3, -0.25) is 0 Å². The zero-order chi connectivity index (χ0) is 25.7. The van der Waals surface area contributed by atoms with Gasteiger partial charge in [0.2, 0.25) is 10.0 Å². The van der Waals surface area contributed by atoms with Crippen LogP contribution in [0.3, 0.4) is 0 Å². The van der Waals surface area contributed by atoms with Crippen molar-refractivity contribution >= 4 is 27.2 Å². The second-order valence-corrected chi connectivity index (χ2v) is 11.9. The van der Waals surface area contributed by atoms with Crippen LogP contribution in [0.4, 0.5) is 14.6 Å². The maximum absolute atomic E-state index is 14.5. The molecular weight excluding hydrogens is 522 g/mol. The second-order valence-electron chi connectivity index (χ2n) is 8.82. The van der Waals surface area contributed by atoms with Gasteiger partial charge in [-0.05, 0) is 35.9 Å². The second kappa shape index (κ2) is 9.15. The number of nitrogens with zero attached hydrogens (tertiary/aromatic N) is 6. The van der Waals surface area contributed by atoms with Gasteiger partial charge in [0.15, 0.2) is 11.6 Å². The summed E-state index contributed by atoms with van der Waals surface area (Å²) >= 11 is 1.46. The van der Waals surface area contributed by atoms with Crippen LogP contribution >= 0.6 is 11.3 Å². The van der Waals surface area contributed by atoms with E-state index in [0.29, 0.717) is 56.5 Å². The molecule has 0 spiro atoms. The van der Waals surface area contributed by atoms with E-state index in [1.807, 2.05) is 18.2 Å². The lowest BCUT2D eigenvalue weighted by Gasteiger charge is -2.34. The summed E-state index contributed by atoms with van der Waals surface area (Å²) in [5, 5.41) is 4.18. The van der Waals surface area contributed by atoms with Crippen LogP contribution in [-0.4, -0.2) is 71.5 Å². The van der Waals surface area contributed by atoms with E-state index in [-0.39, 0.29) is 5.69 Å². The van der Waals surface area contributed by atoms with Gasteiger partial charge in [-0.2, -0.15) is 9.40 Å². The highest BCUT2D eigenvalue weighted by atomic mass is 32.2. The third-order valence-corrected chi connectivity index (χ3v) is 8.92. The molecule has 37 heavy (non-hydrogen) atoms. The van der Waals surface area contributed by atoms with Crippen LogP contribution in [-0.2, 0) is 16.4 Å². The monoisotopic (exact) mass is 544 g/mol. The molecule has 0 saturated carbocycles. The first-order valence-electron chi connectivity index (χ1n) is 11.6. The Morgan fingerprint density at radius 1 is 1.05 bits per heavy atom. The van der Waals surface area contributed by atoms with E-state index in [9.17, 15) is 17.2 Å². The molecule has 0 unspecified atom stereocenters. The average molecular weight is 545 g/mol. The number of sulfonamides is 1. The quantitative estimate of drug-likeness (QED) is 0.389. The Balaban J connectivity index is 1.35. The molecule has 0 N–H and O–H groups in total. The van der Waals surface area contributed by atoms with E-state index < -0.39 is 21.7 Å². The van der Waals surface area contributed by atoms with E-state index in [2.05, 4.69) is 15.0 Å². The van der Waals surface area contributed by atoms with Gasteiger partial charge in [0.05, 0.1) is 22.6 Å². The van der Waals surface area contributed by atoms with Gasteiger partial charge >= 0.3 is 0 Å². The summed E-state index contributed by atoms with van der Waals surface area (Å²) in [6.07, 6.45) is 3.22. The van der Waals surface area contributed by atoms with Crippen LogP contribution in [0.5, 0.6) is 5.75 Å². The average Bonchev–Trinajstić information content (AvgIpc) is 3.48. The Morgan fingerprint density at radius 3 is 2.62 bits per heavy atom. The summed E-state index contributed by atoms with van der Waals surface area (Å²) in [5.41, 5.74) is 1.83. The maximum atomic E-state index is 14.5. The molecule has 0 bridgehead atoms. The Bertz CT molecular complexity index is 1600. The molecule has 2 aliphatic rings. The molecule has 1 saturated heterocycles. The maximum Gasteiger partial charge on any atom is 0.211 e. The van der Waals surface area contributed by atoms with E-state index in [1.54, 1.807) is 0 Å². The molecule has 4 aromatic rings. The number of pyridine rings is 1. The lowest BCUT2D eigenvalue weighted by Crippen LogP contribution is -2.48. The molecule has 5 heterocycles. The number of anilines is 1. The number of rotatable bonds is 4.